The predicted octanol–water partition coefficient (Wildman–Crippen LogP) is 2.80. The van der Waals surface area contributed by atoms with Crippen LogP contribution in [0.2, 0.25) is 5.02 Å². The highest BCUT2D eigenvalue weighted by Crippen LogP contribution is 2.30. The van der Waals surface area contributed by atoms with Crippen LogP contribution in [0.25, 0.3) is 0 Å². The normalized spacial score (nSPS) is 15.9. The van der Waals surface area contributed by atoms with Gasteiger partial charge in [0, 0.05) is 29.8 Å². The quantitative estimate of drug-likeness (QED) is 0.842. The molecule has 1 aliphatic carbocycles. The molecule has 0 atom stereocenters. The van der Waals surface area contributed by atoms with Crippen molar-refractivity contribution in [2.45, 2.75) is 38.3 Å². The van der Waals surface area contributed by atoms with Crippen LogP contribution in [0.5, 0.6) is 0 Å². The molecular formula is C15H23ClN2O. The minimum Gasteiger partial charge on any atom is -0.395 e. The second-order valence-electron chi connectivity index (χ2n) is 5.16. The van der Waals surface area contributed by atoms with Gasteiger partial charge in [0.05, 0.1) is 6.61 Å². The van der Waals surface area contributed by atoms with Crippen LogP contribution in [-0.2, 0) is 6.54 Å². The van der Waals surface area contributed by atoms with Gasteiger partial charge in [-0.05, 0) is 37.6 Å². The Balaban J connectivity index is 2.18. The minimum absolute atomic E-state index is 0.187. The minimum atomic E-state index is 0.187. The second-order valence-corrected chi connectivity index (χ2v) is 5.57. The molecule has 0 aromatic heterocycles. The third kappa shape index (κ3) is 3.62. The Morgan fingerprint density at radius 1 is 1.37 bits per heavy atom. The average Bonchev–Trinajstić information content (AvgIpc) is 2.92. The van der Waals surface area contributed by atoms with Gasteiger partial charge in [0.15, 0.2) is 0 Å². The lowest BCUT2D eigenvalue weighted by Crippen LogP contribution is -2.35. The number of nitrogens with zero attached hydrogens (tertiary/aromatic N) is 1. The number of aliphatic hydroxyl groups excluding tert-OH is 1. The Bertz CT molecular complexity index is 405. The van der Waals surface area contributed by atoms with Gasteiger partial charge in [0.1, 0.15) is 0 Å². The van der Waals surface area contributed by atoms with Gasteiger partial charge < -0.3 is 15.3 Å². The Morgan fingerprint density at radius 3 is 2.68 bits per heavy atom. The Morgan fingerprint density at radius 2 is 2.11 bits per heavy atom. The van der Waals surface area contributed by atoms with Crippen molar-refractivity contribution >= 4 is 17.3 Å². The molecule has 0 unspecified atom stereocenters. The van der Waals surface area contributed by atoms with Crippen molar-refractivity contribution in [3.63, 3.8) is 0 Å². The van der Waals surface area contributed by atoms with E-state index in [0.717, 1.165) is 22.8 Å². The molecule has 0 radical (unpaired) electrons. The van der Waals surface area contributed by atoms with Gasteiger partial charge >= 0.3 is 0 Å². The van der Waals surface area contributed by atoms with E-state index >= 15 is 0 Å². The van der Waals surface area contributed by atoms with E-state index in [1.54, 1.807) is 0 Å². The van der Waals surface area contributed by atoms with Gasteiger partial charge in [-0.1, -0.05) is 30.5 Å². The summed E-state index contributed by atoms with van der Waals surface area (Å²) < 4.78 is 0. The number of hydrogen-bond donors (Lipinski definition) is 2. The zero-order valence-electron chi connectivity index (χ0n) is 11.5. The van der Waals surface area contributed by atoms with Crippen LogP contribution in [0.15, 0.2) is 18.2 Å². The molecule has 2 rings (SSSR count). The van der Waals surface area contributed by atoms with Gasteiger partial charge in [0.25, 0.3) is 0 Å². The summed E-state index contributed by atoms with van der Waals surface area (Å²) in [6.45, 7) is 1.65. The molecule has 0 aliphatic heterocycles. The first-order chi connectivity index (χ1) is 9.26. The standard InChI is InChI=1S/C15H23ClN2O/c1-17-11-12-6-7-14(10-15(12)16)18(8-9-19)13-4-2-3-5-13/h6-7,10,13,17,19H,2-5,8-9,11H2,1H3. The molecule has 0 amide bonds. The molecule has 0 saturated heterocycles. The SMILES string of the molecule is CNCc1ccc(N(CCO)C2CCCC2)cc1Cl. The Kier molecular flexibility index (Phi) is 5.49. The van der Waals surface area contributed by atoms with Crippen LogP contribution in [0.3, 0.4) is 0 Å². The summed E-state index contributed by atoms with van der Waals surface area (Å²) >= 11 is 6.33. The van der Waals surface area contributed by atoms with Crippen LogP contribution in [0.1, 0.15) is 31.2 Å². The van der Waals surface area contributed by atoms with E-state index in [2.05, 4.69) is 22.3 Å². The van der Waals surface area contributed by atoms with Gasteiger partial charge in [-0.25, -0.2) is 0 Å². The van der Waals surface area contributed by atoms with Gasteiger partial charge in [-0.3, -0.25) is 0 Å². The van der Waals surface area contributed by atoms with Crippen LogP contribution >= 0.6 is 11.6 Å². The first-order valence-electron chi connectivity index (χ1n) is 7.06. The molecule has 0 spiro atoms. The summed E-state index contributed by atoms with van der Waals surface area (Å²) in [6, 6.07) is 6.78. The maximum atomic E-state index is 9.28. The van der Waals surface area contributed by atoms with Crippen LogP contribution in [0, 0.1) is 0 Å². The summed E-state index contributed by atoms with van der Waals surface area (Å²) in [5.74, 6) is 0. The van der Waals surface area contributed by atoms with E-state index in [9.17, 15) is 5.11 Å². The first-order valence-corrected chi connectivity index (χ1v) is 7.44. The molecule has 2 N–H and O–H groups in total. The zero-order valence-corrected chi connectivity index (χ0v) is 12.3. The summed E-state index contributed by atoms with van der Waals surface area (Å²) in [4.78, 5) is 2.31. The molecule has 0 bridgehead atoms. The molecule has 1 fully saturated rings. The van der Waals surface area contributed by atoms with Crippen LogP contribution < -0.4 is 10.2 Å². The second kappa shape index (κ2) is 7.13. The molecule has 3 nitrogen and oxygen atoms in total. The highest BCUT2D eigenvalue weighted by atomic mass is 35.5. The lowest BCUT2D eigenvalue weighted by atomic mass is 10.1. The number of anilines is 1. The number of aliphatic hydroxyl groups is 1. The highest BCUT2D eigenvalue weighted by molar-refractivity contribution is 6.31. The average molecular weight is 283 g/mol. The van der Waals surface area contributed by atoms with E-state index in [1.807, 2.05) is 13.1 Å². The van der Waals surface area contributed by atoms with Crippen LogP contribution in [0.4, 0.5) is 5.69 Å². The maximum absolute atomic E-state index is 9.28. The molecule has 1 aromatic carbocycles. The molecule has 0 heterocycles. The lowest BCUT2D eigenvalue weighted by molar-refractivity contribution is 0.297. The van der Waals surface area contributed by atoms with Crippen molar-refractivity contribution in [1.29, 1.82) is 0 Å². The summed E-state index contributed by atoms with van der Waals surface area (Å²) in [5.41, 5.74) is 2.24. The van der Waals surface area contributed by atoms with Crippen molar-refractivity contribution in [3.8, 4) is 0 Å². The number of nitrogens with one attached hydrogen (secondary N) is 1. The number of benzene rings is 1. The molecule has 106 valence electrons. The van der Waals surface area contributed by atoms with Crippen molar-refractivity contribution in [2.75, 3.05) is 25.1 Å². The van der Waals surface area contributed by atoms with E-state index in [-0.39, 0.29) is 6.61 Å². The summed E-state index contributed by atoms with van der Waals surface area (Å²) in [6.07, 6.45) is 5.02. The third-order valence-corrected chi connectivity index (χ3v) is 4.19. The van der Waals surface area contributed by atoms with Crippen LogP contribution in [-0.4, -0.2) is 31.3 Å². The Hall–Kier alpha value is -0.770. The molecule has 1 aromatic rings. The van der Waals surface area contributed by atoms with Gasteiger partial charge in [-0.2, -0.15) is 0 Å². The van der Waals surface area contributed by atoms with Gasteiger partial charge in [0.2, 0.25) is 0 Å². The molecule has 1 aliphatic rings. The van der Waals surface area contributed by atoms with Gasteiger partial charge in [-0.15, -0.1) is 0 Å². The van der Waals surface area contributed by atoms with Crippen molar-refractivity contribution < 1.29 is 5.11 Å². The number of halogens is 1. The maximum Gasteiger partial charge on any atom is 0.0606 e. The van der Waals surface area contributed by atoms with E-state index in [1.165, 1.54) is 25.7 Å². The Labute approximate surface area is 120 Å². The fourth-order valence-corrected chi connectivity index (χ4v) is 3.14. The monoisotopic (exact) mass is 282 g/mol. The number of rotatable bonds is 6. The smallest absolute Gasteiger partial charge is 0.0606 e. The summed E-state index contributed by atoms with van der Waals surface area (Å²) in [7, 11) is 1.92. The van der Waals surface area contributed by atoms with E-state index < -0.39 is 0 Å². The van der Waals surface area contributed by atoms with Crippen molar-refractivity contribution in [1.82, 2.24) is 5.32 Å². The lowest BCUT2D eigenvalue weighted by Gasteiger charge is -2.31. The highest BCUT2D eigenvalue weighted by Gasteiger charge is 2.22. The number of hydrogen-bond acceptors (Lipinski definition) is 3. The first kappa shape index (κ1) is 14.6. The largest absolute Gasteiger partial charge is 0.395 e. The fraction of sp³-hybridized carbons (Fsp3) is 0.600. The third-order valence-electron chi connectivity index (χ3n) is 3.84. The van der Waals surface area contributed by atoms with Crippen molar-refractivity contribution in [3.05, 3.63) is 28.8 Å². The fourth-order valence-electron chi connectivity index (χ4n) is 2.89. The zero-order chi connectivity index (χ0) is 13.7. The van der Waals surface area contributed by atoms with E-state index in [4.69, 9.17) is 11.6 Å². The molecule has 4 heteroatoms. The van der Waals surface area contributed by atoms with Crippen molar-refractivity contribution in [2.24, 2.45) is 0 Å². The summed E-state index contributed by atoms with van der Waals surface area (Å²) in [5, 5.41) is 13.2. The molecule has 19 heavy (non-hydrogen) atoms. The predicted molar refractivity (Wildman–Crippen MR) is 80.9 cm³/mol. The molecular weight excluding hydrogens is 260 g/mol. The topological polar surface area (TPSA) is 35.5 Å². The van der Waals surface area contributed by atoms with E-state index in [0.29, 0.717) is 12.6 Å². The molecule has 1 saturated carbocycles.